The SMILES string of the molecule is CCCCc1nnc(NC(=O)c2cccc3cccnc23)s1. The van der Waals surface area contributed by atoms with Gasteiger partial charge in [-0.2, -0.15) is 0 Å². The molecule has 0 saturated carbocycles. The third-order valence-corrected chi connectivity index (χ3v) is 4.21. The van der Waals surface area contributed by atoms with Crippen molar-refractivity contribution in [2.45, 2.75) is 26.2 Å². The summed E-state index contributed by atoms with van der Waals surface area (Å²) in [6.07, 6.45) is 4.78. The van der Waals surface area contributed by atoms with E-state index < -0.39 is 0 Å². The number of aryl methyl sites for hydroxylation is 1. The first-order valence-corrected chi connectivity index (χ1v) is 8.07. The molecule has 0 aliphatic heterocycles. The van der Waals surface area contributed by atoms with Crippen molar-refractivity contribution < 1.29 is 4.79 Å². The van der Waals surface area contributed by atoms with Gasteiger partial charge in [0.1, 0.15) is 5.01 Å². The van der Waals surface area contributed by atoms with Crippen LogP contribution >= 0.6 is 11.3 Å². The van der Waals surface area contributed by atoms with E-state index in [1.807, 2.05) is 24.3 Å². The zero-order valence-corrected chi connectivity index (χ0v) is 13.1. The number of fused-ring (bicyclic) bond motifs is 1. The Morgan fingerprint density at radius 1 is 1.23 bits per heavy atom. The Hall–Kier alpha value is -2.34. The maximum absolute atomic E-state index is 12.4. The Morgan fingerprint density at radius 2 is 2.09 bits per heavy atom. The number of rotatable bonds is 5. The zero-order valence-electron chi connectivity index (χ0n) is 12.2. The number of carbonyl (C=O) groups excluding carboxylic acids is 1. The summed E-state index contributed by atoms with van der Waals surface area (Å²) in [4.78, 5) is 16.7. The van der Waals surface area contributed by atoms with Crippen molar-refractivity contribution in [3.63, 3.8) is 0 Å². The van der Waals surface area contributed by atoms with Gasteiger partial charge in [-0.15, -0.1) is 10.2 Å². The molecule has 1 amide bonds. The van der Waals surface area contributed by atoms with Gasteiger partial charge in [0.25, 0.3) is 5.91 Å². The van der Waals surface area contributed by atoms with Crippen LogP contribution in [0.5, 0.6) is 0 Å². The first-order chi connectivity index (χ1) is 10.8. The number of para-hydroxylation sites is 1. The highest BCUT2D eigenvalue weighted by Crippen LogP contribution is 2.20. The lowest BCUT2D eigenvalue weighted by molar-refractivity contribution is 0.102. The van der Waals surface area contributed by atoms with Gasteiger partial charge >= 0.3 is 0 Å². The van der Waals surface area contributed by atoms with Crippen LogP contribution in [0, 0.1) is 0 Å². The van der Waals surface area contributed by atoms with E-state index >= 15 is 0 Å². The summed E-state index contributed by atoms with van der Waals surface area (Å²) in [5.41, 5.74) is 1.24. The van der Waals surface area contributed by atoms with E-state index in [9.17, 15) is 4.79 Å². The maximum atomic E-state index is 12.4. The van der Waals surface area contributed by atoms with Crippen LogP contribution < -0.4 is 5.32 Å². The Morgan fingerprint density at radius 3 is 2.95 bits per heavy atom. The molecule has 112 valence electrons. The number of amides is 1. The van der Waals surface area contributed by atoms with E-state index in [0.29, 0.717) is 16.2 Å². The Balaban J connectivity index is 1.80. The largest absolute Gasteiger partial charge is 0.296 e. The van der Waals surface area contributed by atoms with Crippen molar-refractivity contribution in [2.24, 2.45) is 0 Å². The van der Waals surface area contributed by atoms with Gasteiger partial charge in [-0.3, -0.25) is 15.1 Å². The Kier molecular flexibility index (Phi) is 4.39. The summed E-state index contributed by atoms with van der Waals surface area (Å²) in [5, 5.41) is 13.4. The van der Waals surface area contributed by atoms with Crippen molar-refractivity contribution in [3.8, 4) is 0 Å². The fourth-order valence-electron chi connectivity index (χ4n) is 2.19. The highest BCUT2D eigenvalue weighted by Gasteiger charge is 2.13. The van der Waals surface area contributed by atoms with Gasteiger partial charge in [0, 0.05) is 18.0 Å². The summed E-state index contributed by atoms with van der Waals surface area (Å²) >= 11 is 1.43. The smallest absolute Gasteiger partial charge is 0.259 e. The van der Waals surface area contributed by atoms with E-state index in [-0.39, 0.29) is 5.91 Å². The van der Waals surface area contributed by atoms with E-state index in [0.717, 1.165) is 29.7 Å². The molecular weight excluding hydrogens is 296 g/mol. The van der Waals surface area contributed by atoms with Gasteiger partial charge < -0.3 is 0 Å². The number of unbranched alkanes of at least 4 members (excludes halogenated alkanes) is 1. The quantitative estimate of drug-likeness (QED) is 0.780. The monoisotopic (exact) mass is 312 g/mol. The Bertz CT molecular complexity index is 794. The van der Waals surface area contributed by atoms with E-state index in [4.69, 9.17) is 0 Å². The third-order valence-electron chi connectivity index (χ3n) is 3.31. The fraction of sp³-hybridized carbons (Fsp3) is 0.250. The van der Waals surface area contributed by atoms with Crippen LogP contribution in [-0.2, 0) is 6.42 Å². The molecule has 0 unspecified atom stereocenters. The molecule has 0 aliphatic rings. The van der Waals surface area contributed by atoms with E-state index in [2.05, 4.69) is 27.4 Å². The minimum Gasteiger partial charge on any atom is -0.296 e. The number of carbonyl (C=O) groups is 1. The number of pyridine rings is 1. The Labute approximate surface area is 132 Å². The minimum atomic E-state index is -0.206. The third kappa shape index (κ3) is 3.12. The van der Waals surface area contributed by atoms with Gasteiger partial charge in [-0.25, -0.2) is 0 Å². The molecule has 2 heterocycles. The van der Waals surface area contributed by atoms with Crippen LogP contribution in [0.4, 0.5) is 5.13 Å². The predicted molar refractivity (Wildman–Crippen MR) is 88.2 cm³/mol. The molecule has 5 nitrogen and oxygen atoms in total. The number of aromatic nitrogens is 3. The van der Waals surface area contributed by atoms with Crippen LogP contribution in [0.1, 0.15) is 35.1 Å². The maximum Gasteiger partial charge on any atom is 0.259 e. The second-order valence-corrected chi connectivity index (χ2v) is 6.00. The van der Waals surface area contributed by atoms with Crippen molar-refractivity contribution in [1.82, 2.24) is 15.2 Å². The summed E-state index contributed by atoms with van der Waals surface area (Å²) < 4.78 is 0. The second kappa shape index (κ2) is 6.62. The predicted octanol–water partition coefficient (Wildman–Crippen LogP) is 3.68. The molecule has 3 aromatic rings. The van der Waals surface area contributed by atoms with Crippen molar-refractivity contribution in [3.05, 3.63) is 47.1 Å². The standard InChI is InChI=1S/C16H16N4OS/c1-2-3-9-13-19-20-16(22-13)18-15(21)12-8-4-6-11-7-5-10-17-14(11)12/h4-8,10H,2-3,9H2,1H3,(H,18,20,21). The number of anilines is 1. The topological polar surface area (TPSA) is 67.8 Å². The number of benzene rings is 1. The molecule has 0 radical (unpaired) electrons. The molecule has 3 rings (SSSR count). The molecule has 0 atom stereocenters. The number of hydrogen-bond acceptors (Lipinski definition) is 5. The molecule has 1 aromatic carbocycles. The molecule has 1 N–H and O–H groups in total. The van der Waals surface area contributed by atoms with Crippen LogP contribution in [-0.4, -0.2) is 21.1 Å². The van der Waals surface area contributed by atoms with Crippen molar-refractivity contribution in [2.75, 3.05) is 5.32 Å². The summed E-state index contributed by atoms with van der Waals surface area (Å²) in [5.74, 6) is -0.206. The molecule has 2 aromatic heterocycles. The summed E-state index contributed by atoms with van der Waals surface area (Å²) in [6.45, 7) is 2.14. The van der Waals surface area contributed by atoms with E-state index in [1.165, 1.54) is 11.3 Å². The lowest BCUT2D eigenvalue weighted by Gasteiger charge is -2.04. The van der Waals surface area contributed by atoms with Gasteiger partial charge in [-0.05, 0) is 18.6 Å². The van der Waals surface area contributed by atoms with Crippen LogP contribution in [0.25, 0.3) is 10.9 Å². The van der Waals surface area contributed by atoms with Crippen LogP contribution in [0.15, 0.2) is 36.5 Å². The second-order valence-electron chi connectivity index (χ2n) is 4.94. The first kappa shape index (κ1) is 14.6. The lowest BCUT2D eigenvalue weighted by Crippen LogP contribution is -2.12. The van der Waals surface area contributed by atoms with E-state index in [1.54, 1.807) is 12.3 Å². The summed E-state index contributed by atoms with van der Waals surface area (Å²) in [7, 11) is 0. The van der Waals surface area contributed by atoms with Gasteiger partial charge in [0.2, 0.25) is 5.13 Å². The lowest BCUT2D eigenvalue weighted by atomic mass is 10.1. The number of hydrogen-bond donors (Lipinski definition) is 1. The van der Waals surface area contributed by atoms with Crippen molar-refractivity contribution >= 4 is 33.3 Å². The van der Waals surface area contributed by atoms with Gasteiger partial charge in [-0.1, -0.05) is 42.9 Å². The van der Waals surface area contributed by atoms with Crippen LogP contribution in [0.2, 0.25) is 0 Å². The van der Waals surface area contributed by atoms with Gasteiger partial charge in [0.05, 0.1) is 11.1 Å². The van der Waals surface area contributed by atoms with Gasteiger partial charge in [0.15, 0.2) is 0 Å². The highest BCUT2D eigenvalue weighted by atomic mass is 32.1. The molecule has 22 heavy (non-hydrogen) atoms. The molecule has 0 bridgehead atoms. The molecule has 0 aliphatic carbocycles. The number of nitrogens with one attached hydrogen (secondary N) is 1. The molecule has 0 saturated heterocycles. The molecular formula is C16H16N4OS. The van der Waals surface area contributed by atoms with Crippen LogP contribution in [0.3, 0.4) is 0 Å². The van der Waals surface area contributed by atoms with Crippen molar-refractivity contribution in [1.29, 1.82) is 0 Å². The average molecular weight is 312 g/mol. The molecule has 0 spiro atoms. The zero-order chi connectivity index (χ0) is 15.4. The molecule has 0 fully saturated rings. The molecule has 6 heteroatoms. The fourth-order valence-corrected chi connectivity index (χ4v) is 2.96. The minimum absolute atomic E-state index is 0.206. The number of nitrogens with zero attached hydrogens (tertiary/aromatic N) is 3. The first-order valence-electron chi connectivity index (χ1n) is 7.25. The average Bonchev–Trinajstić information content (AvgIpc) is 2.99. The summed E-state index contributed by atoms with van der Waals surface area (Å²) in [6, 6.07) is 9.35. The normalized spacial score (nSPS) is 10.8. The highest BCUT2D eigenvalue weighted by molar-refractivity contribution is 7.15.